The number of hydrogen-bond acceptors (Lipinski definition) is 5. The molecule has 112 valence electrons. The third-order valence-corrected chi connectivity index (χ3v) is 4.02. The van der Waals surface area contributed by atoms with Gasteiger partial charge in [-0.1, -0.05) is 55.4 Å². The van der Waals surface area contributed by atoms with Crippen molar-refractivity contribution >= 4 is 11.3 Å². The normalized spacial score (nSPS) is 11.4. The first-order valence-corrected chi connectivity index (χ1v) is 7.87. The molecule has 0 N–H and O–H groups in total. The van der Waals surface area contributed by atoms with Crippen LogP contribution in [-0.2, 0) is 5.41 Å². The van der Waals surface area contributed by atoms with Crippen LogP contribution in [0.4, 0.5) is 0 Å². The summed E-state index contributed by atoms with van der Waals surface area (Å²) < 4.78 is 5.83. The average Bonchev–Trinajstić information content (AvgIpc) is 2.96. The van der Waals surface area contributed by atoms with E-state index in [-0.39, 0.29) is 5.41 Å². The number of rotatable bonds is 3. The number of pyridine rings is 1. The lowest BCUT2D eigenvalue weighted by Crippen LogP contribution is -2.10. The molecule has 0 aliphatic carbocycles. The molecule has 22 heavy (non-hydrogen) atoms. The molecule has 3 rings (SSSR count). The fourth-order valence-electron chi connectivity index (χ4n) is 1.97. The van der Waals surface area contributed by atoms with E-state index >= 15 is 0 Å². The molecule has 0 unspecified atom stereocenters. The maximum atomic E-state index is 5.83. The van der Waals surface area contributed by atoms with Gasteiger partial charge in [0, 0.05) is 6.20 Å². The summed E-state index contributed by atoms with van der Waals surface area (Å²) in [6.07, 6.45) is 1.74. The fourth-order valence-corrected chi connectivity index (χ4v) is 2.66. The van der Waals surface area contributed by atoms with E-state index in [1.807, 2.05) is 36.4 Å². The second-order valence-corrected chi connectivity index (χ2v) is 6.91. The predicted octanol–water partition coefficient (Wildman–Crippen LogP) is 4.69. The van der Waals surface area contributed by atoms with Gasteiger partial charge in [0.05, 0.1) is 0 Å². The first-order valence-electron chi connectivity index (χ1n) is 7.06. The van der Waals surface area contributed by atoms with Crippen LogP contribution in [0.15, 0.2) is 48.7 Å². The molecule has 0 atom stereocenters. The predicted molar refractivity (Wildman–Crippen MR) is 88.4 cm³/mol. The molecule has 0 saturated carbocycles. The molecule has 0 aliphatic rings. The lowest BCUT2D eigenvalue weighted by molar-refractivity contribution is 0.469. The SMILES string of the molecule is CC(C)(C)c1cccc(Oc2nnc(-c3ccccn3)s2)c1. The van der Waals surface area contributed by atoms with Crippen LogP contribution < -0.4 is 4.74 Å². The highest BCUT2D eigenvalue weighted by Gasteiger charge is 2.15. The number of benzene rings is 1. The summed E-state index contributed by atoms with van der Waals surface area (Å²) in [6, 6.07) is 13.8. The van der Waals surface area contributed by atoms with Gasteiger partial charge in [-0.25, -0.2) is 0 Å². The molecule has 0 saturated heterocycles. The monoisotopic (exact) mass is 311 g/mol. The van der Waals surface area contributed by atoms with Gasteiger partial charge in [0.15, 0.2) is 5.01 Å². The van der Waals surface area contributed by atoms with Crippen molar-refractivity contribution in [1.29, 1.82) is 0 Å². The molecule has 0 bridgehead atoms. The summed E-state index contributed by atoms with van der Waals surface area (Å²) in [5, 5.41) is 9.49. The zero-order valence-electron chi connectivity index (χ0n) is 12.8. The maximum absolute atomic E-state index is 5.83. The highest BCUT2D eigenvalue weighted by atomic mass is 32.1. The Morgan fingerprint density at radius 3 is 2.59 bits per heavy atom. The van der Waals surface area contributed by atoms with Crippen molar-refractivity contribution in [1.82, 2.24) is 15.2 Å². The molecule has 0 aliphatic heterocycles. The van der Waals surface area contributed by atoms with E-state index in [1.165, 1.54) is 16.9 Å². The van der Waals surface area contributed by atoms with Crippen molar-refractivity contribution in [2.75, 3.05) is 0 Å². The number of nitrogens with zero attached hydrogens (tertiary/aromatic N) is 3. The van der Waals surface area contributed by atoms with Gasteiger partial charge in [-0.2, -0.15) is 0 Å². The highest BCUT2D eigenvalue weighted by molar-refractivity contribution is 7.16. The fraction of sp³-hybridized carbons (Fsp3) is 0.235. The lowest BCUT2D eigenvalue weighted by atomic mass is 9.87. The molecular weight excluding hydrogens is 294 g/mol. The van der Waals surface area contributed by atoms with Gasteiger partial charge in [0.2, 0.25) is 0 Å². The van der Waals surface area contributed by atoms with Crippen LogP contribution in [0.5, 0.6) is 10.9 Å². The van der Waals surface area contributed by atoms with Gasteiger partial charge in [0.1, 0.15) is 11.4 Å². The van der Waals surface area contributed by atoms with Gasteiger partial charge in [-0.3, -0.25) is 4.98 Å². The minimum Gasteiger partial charge on any atom is -0.430 e. The molecule has 0 radical (unpaired) electrons. The Balaban J connectivity index is 1.81. The van der Waals surface area contributed by atoms with Crippen LogP contribution >= 0.6 is 11.3 Å². The molecule has 2 aromatic heterocycles. The Kier molecular flexibility index (Phi) is 3.90. The molecule has 5 heteroatoms. The zero-order valence-corrected chi connectivity index (χ0v) is 13.6. The first kappa shape index (κ1) is 14.7. The first-order chi connectivity index (χ1) is 10.5. The van der Waals surface area contributed by atoms with E-state index in [2.05, 4.69) is 42.0 Å². The molecule has 1 aromatic carbocycles. The number of ether oxygens (including phenoxy) is 1. The maximum Gasteiger partial charge on any atom is 0.299 e. The van der Waals surface area contributed by atoms with Crippen LogP contribution in [0, 0.1) is 0 Å². The summed E-state index contributed by atoms with van der Waals surface area (Å²) in [4.78, 5) is 4.27. The van der Waals surface area contributed by atoms with Crippen LogP contribution in [0.3, 0.4) is 0 Å². The molecule has 0 amide bonds. The summed E-state index contributed by atoms with van der Waals surface area (Å²) >= 11 is 1.39. The molecule has 0 spiro atoms. The van der Waals surface area contributed by atoms with Crippen LogP contribution in [-0.4, -0.2) is 15.2 Å². The van der Waals surface area contributed by atoms with Crippen LogP contribution in [0.1, 0.15) is 26.3 Å². The Bertz CT molecular complexity index is 763. The van der Waals surface area contributed by atoms with Gasteiger partial charge >= 0.3 is 0 Å². The molecular formula is C17H17N3OS. The van der Waals surface area contributed by atoms with Crippen molar-refractivity contribution in [3.63, 3.8) is 0 Å². The summed E-state index contributed by atoms with van der Waals surface area (Å²) in [6.45, 7) is 6.53. The Morgan fingerprint density at radius 2 is 1.86 bits per heavy atom. The summed E-state index contributed by atoms with van der Waals surface area (Å²) in [5.74, 6) is 0.774. The summed E-state index contributed by atoms with van der Waals surface area (Å²) in [5.41, 5.74) is 2.11. The molecule has 0 fully saturated rings. The largest absolute Gasteiger partial charge is 0.430 e. The van der Waals surface area contributed by atoms with E-state index < -0.39 is 0 Å². The van der Waals surface area contributed by atoms with E-state index in [1.54, 1.807) is 6.20 Å². The smallest absolute Gasteiger partial charge is 0.299 e. The van der Waals surface area contributed by atoms with Crippen LogP contribution in [0.25, 0.3) is 10.7 Å². The molecule has 3 aromatic rings. The lowest BCUT2D eigenvalue weighted by Gasteiger charge is -2.19. The zero-order chi connectivity index (χ0) is 15.6. The minimum atomic E-state index is 0.0830. The van der Waals surface area contributed by atoms with Gasteiger partial charge in [-0.15, -0.1) is 5.10 Å². The van der Waals surface area contributed by atoms with Gasteiger partial charge in [0.25, 0.3) is 5.19 Å². The van der Waals surface area contributed by atoms with Crippen LogP contribution in [0.2, 0.25) is 0 Å². The number of aromatic nitrogens is 3. The standard InChI is InChI=1S/C17H17N3OS/c1-17(2,3)12-7-6-8-13(11-12)21-16-20-19-15(22-16)14-9-4-5-10-18-14/h4-11H,1-3H3. The second kappa shape index (κ2) is 5.85. The molecule has 2 heterocycles. The minimum absolute atomic E-state index is 0.0830. The van der Waals surface area contributed by atoms with E-state index in [0.717, 1.165) is 16.5 Å². The van der Waals surface area contributed by atoms with E-state index in [0.29, 0.717) is 5.19 Å². The third kappa shape index (κ3) is 3.31. The van der Waals surface area contributed by atoms with Crippen molar-refractivity contribution in [3.8, 4) is 21.6 Å². The topological polar surface area (TPSA) is 47.9 Å². The quantitative estimate of drug-likeness (QED) is 0.704. The van der Waals surface area contributed by atoms with Crippen molar-refractivity contribution in [2.24, 2.45) is 0 Å². The third-order valence-electron chi connectivity index (χ3n) is 3.20. The van der Waals surface area contributed by atoms with E-state index in [9.17, 15) is 0 Å². The van der Waals surface area contributed by atoms with Gasteiger partial charge < -0.3 is 4.74 Å². The molecule has 4 nitrogen and oxygen atoms in total. The van der Waals surface area contributed by atoms with Crippen molar-refractivity contribution in [3.05, 3.63) is 54.2 Å². The van der Waals surface area contributed by atoms with Gasteiger partial charge in [-0.05, 0) is 35.2 Å². The Morgan fingerprint density at radius 1 is 1.00 bits per heavy atom. The average molecular weight is 311 g/mol. The van der Waals surface area contributed by atoms with Crippen molar-refractivity contribution in [2.45, 2.75) is 26.2 Å². The summed E-state index contributed by atoms with van der Waals surface area (Å²) in [7, 11) is 0. The Labute approximate surface area is 133 Å². The highest BCUT2D eigenvalue weighted by Crippen LogP contribution is 2.32. The van der Waals surface area contributed by atoms with E-state index in [4.69, 9.17) is 4.74 Å². The second-order valence-electron chi connectivity index (χ2n) is 5.97. The number of hydrogen-bond donors (Lipinski definition) is 0. The van der Waals surface area contributed by atoms with Crippen molar-refractivity contribution < 1.29 is 4.74 Å². The Hall–Kier alpha value is -2.27.